The monoisotopic (exact) mass is 455 g/mol. The molecule has 0 heterocycles. The zero-order valence-electron chi connectivity index (χ0n) is 11.2. The number of nitrogens with one attached hydrogen (secondary N) is 1. The highest BCUT2D eigenvalue weighted by molar-refractivity contribution is 14.0. The Labute approximate surface area is 144 Å². The van der Waals surface area contributed by atoms with E-state index in [-0.39, 0.29) is 29.8 Å². The Morgan fingerprint density at radius 2 is 2.05 bits per heavy atom. The van der Waals surface area contributed by atoms with E-state index in [1.54, 1.807) is 6.07 Å². The minimum atomic E-state index is -0.257. The van der Waals surface area contributed by atoms with Crippen molar-refractivity contribution in [3.63, 3.8) is 0 Å². The molecule has 1 fully saturated rings. The van der Waals surface area contributed by atoms with Crippen LogP contribution in [0.5, 0.6) is 0 Å². The fraction of sp³-hybridized carbons (Fsp3) is 0.500. The number of hydrogen-bond acceptors (Lipinski definition) is 1. The normalized spacial score (nSPS) is 16.6. The second-order valence-electron chi connectivity index (χ2n) is 4.92. The number of benzene rings is 1. The van der Waals surface area contributed by atoms with E-state index < -0.39 is 0 Å². The summed E-state index contributed by atoms with van der Waals surface area (Å²) in [5.74, 6) is 0.190. The molecule has 0 bridgehead atoms. The lowest BCUT2D eigenvalue weighted by atomic mass is 9.96. The van der Waals surface area contributed by atoms with Gasteiger partial charge in [-0.15, -0.1) is 24.0 Å². The van der Waals surface area contributed by atoms with Crippen molar-refractivity contribution in [1.29, 1.82) is 0 Å². The van der Waals surface area contributed by atoms with Crippen molar-refractivity contribution in [2.75, 3.05) is 0 Å². The maximum absolute atomic E-state index is 13.1. The van der Waals surface area contributed by atoms with Gasteiger partial charge in [0.15, 0.2) is 5.96 Å². The first-order valence-corrected chi connectivity index (χ1v) is 7.45. The van der Waals surface area contributed by atoms with Gasteiger partial charge in [0.05, 0.1) is 6.54 Å². The van der Waals surface area contributed by atoms with E-state index in [0.29, 0.717) is 18.5 Å². The zero-order valence-corrected chi connectivity index (χ0v) is 15.2. The molecule has 112 valence electrons. The predicted octanol–water partition coefficient (Wildman–Crippen LogP) is 3.94. The summed E-state index contributed by atoms with van der Waals surface area (Å²) in [5.41, 5.74) is 6.67. The van der Waals surface area contributed by atoms with E-state index in [1.165, 1.54) is 31.4 Å². The minimum Gasteiger partial charge on any atom is -0.370 e. The van der Waals surface area contributed by atoms with Crippen molar-refractivity contribution in [3.8, 4) is 0 Å². The fourth-order valence-corrected chi connectivity index (χ4v) is 2.71. The maximum atomic E-state index is 13.1. The molecule has 0 atom stereocenters. The number of aliphatic imine (C=N–C) groups is 1. The summed E-state index contributed by atoms with van der Waals surface area (Å²) in [5, 5.41) is 3.24. The molecule has 3 N–H and O–H groups in total. The molecule has 3 nitrogen and oxygen atoms in total. The van der Waals surface area contributed by atoms with E-state index in [9.17, 15) is 4.39 Å². The SMILES string of the molecule is I.NC(=NCc1cc(F)ccc1Br)NC1CCCCC1. The molecule has 0 aromatic heterocycles. The zero-order chi connectivity index (χ0) is 13.7. The van der Waals surface area contributed by atoms with Gasteiger partial charge in [0.2, 0.25) is 0 Å². The number of nitrogens with two attached hydrogens (primary N) is 1. The van der Waals surface area contributed by atoms with Crippen LogP contribution in [0.1, 0.15) is 37.7 Å². The fourth-order valence-electron chi connectivity index (χ4n) is 2.34. The summed E-state index contributed by atoms with van der Waals surface area (Å²) in [6.07, 6.45) is 6.12. The van der Waals surface area contributed by atoms with E-state index in [1.807, 2.05) is 0 Å². The third kappa shape index (κ3) is 5.55. The summed E-state index contributed by atoms with van der Waals surface area (Å²) >= 11 is 3.38. The lowest BCUT2D eigenvalue weighted by Gasteiger charge is -2.23. The van der Waals surface area contributed by atoms with Gasteiger partial charge in [0, 0.05) is 10.5 Å². The standard InChI is InChI=1S/C14H19BrFN3.HI/c15-13-7-6-11(16)8-10(13)9-18-14(17)19-12-4-2-1-3-5-12;/h6-8,12H,1-5,9H2,(H3,17,18,19);1H. The smallest absolute Gasteiger partial charge is 0.189 e. The summed E-state index contributed by atoms with van der Waals surface area (Å²) in [6.45, 7) is 0.379. The van der Waals surface area contributed by atoms with E-state index in [4.69, 9.17) is 5.73 Å². The minimum absolute atomic E-state index is 0. The van der Waals surface area contributed by atoms with Gasteiger partial charge < -0.3 is 11.1 Å². The largest absolute Gasteiger partial charge is 0.370 e. The Bertz CT molecular complexity index is 462. The van der Waals surface area contributed by atoms with Crippen LogP contribution in [0, 0.1) is 5.82 Å². The van der Waals surface area contributed by atoms with Crippen LogP contribution in [-0.2, 0) is 6.54 Å². The first-order chi connectivity index (χ1) is 9.15. The molecule has 1 saturated carbocycles. The van der Waals surface area contributed by atoms with Crippen LogP contribution in [-0.4, -0.2) is 12.0 Å². The highest BCUT2D eigenvalue weighted by atomic mass is 127. The molecule has 1 aliphatic carbocycles. The van der Waals surface area contributed by atoms with Gasteiger partial charge in [0.1, 0.15) is 5.82 Å². The Morgan fingerprint density at radius 1 is 1.35 bits per heavy atom. The lowest BCUT2D eigenvalue weighted by molar-refractivity contribution is 0.412. The van der Waals surface area contributed by atoms with E-state index in [2.05, 4.69) is 26.2 Å². The third-order valence-corrected chi connectivity index (χ3v) is 4.16. The lowest BCUT2D eigenvalue weighted by Crippen LogP contribution is -2.41. The molecular formula is C14H20BrFIN3. The Kier molecular flexibility index (Phi) is 7.79. The molecule has 0 spiro atoms. The summed E-state index contributed by atoms with van der Waals surface area (Å²) in [7, 11) is 0. The van der Waals surface area contributed by atoms with Crippen LogP contribution in [0.3, 0.4) is 0 Å². The molecule has 1 aliphatic rings. The van der Waals surface area contributed by atoms with Gasteiger partial charge in [-0.1, -0.05) is 35.2 Å². The Hall–Kier alpha value is -0.370. The van der Waals surface area contributed by atoms with Crippen LogP contribution in [0.2, 0.25) is 0 Å². The molecule has 1 aromatic carbocycles. The van der Waals surface area contributed by atoms with Gasteiger partial charge in [-0.2, -0.15) is 0 Å². The molecular weight excluding hydrogens is 436 g/mol. The molecule has 0 radical (unpaired) electrons. The molecule has 1 aromatic rings. The number of guanidine groups is 1. The second-order valence-corrected chi connectivity index (χ2v) is 5.77. The van der Waals surface area contributed by atoms with Gasteiger partial charge in [0.25, 0.3) is 0 Å². The maximum Gasteiger partial charge on any atom is 0.189 e. The quantitative estimate of drug-likeness (QED) is 0.412. The average molecular weight is 456 g/mol. The number of nitrogens with zero attached hydrogens (tertiary/aromatic N) is 1. The van der Waals surface area contributed by atoms with Crippen LogP contribution < -0.4 is 11.1 Å². The van der Waals surface area contributed by atoms with Crippen LogP contribution >= 0.6 is 39.9 Å². The van der Waals surface area contributed by atoms with Crippen molar-refractivity contribution in [2.24, 2.45) is 10.7 Å². The number of hydrogen-bond donors (Lipinski definition) is 2. The molecule has 2 rings (SSSR count). The van der Waals surface area contributed by atoms with Gasteiger partial charge in [-0.25, -0.2) is 9.38 Å². The number of rotatable bonds is 3. The first-order valence-electron chi connectivity index (χ1n) is 6.65. The van der Waals surface area contributed by atoms with E-state index in [0.717, 1.165) is 22.9 Å². The summed E-state index contributed by atoms with van der Waals surface area (Å²) in [4.78, 5) is 4.28. The van der Waals surface area contributed by atoms with Crippen LogP contribution in [0.4, 0.5) is 4.39 Å². The Balaban J connectivity index is 0.00000200. The topological polar surface area (TPSA) is 50.4 Å². The van der Waals surface area contributed by atoms with Gasteiger partial charge in [-0.3, -0.25) is 0 Å². The number of halogens is 3. The predicted molar refractivity (Wildman–Crippen MR) is 94.9 cm³/mol. The highest BCUT2D eigenvalue weighted by Crippen LogP contribution is 2.19. The third-order valence-electron chi connectivity index (χ3n) is 3.38. The van der Waals surface area contributed by atoms with Crippen molar-refractivity contribution < 1.29 is 4.39 Å². The molecule has 0 saturated heterocycles. The average Bonchev–Trinajstić information content (AvgIpc) is 2.41. The summed E-state index contributed by atoms with van der Waals surface area (Å²) in [6, 6.07) is 5.02. The van der Waals surface area contributed by atoms with E-state index >= 15 is 0 Å². The van der Waals surface area contributed by atoms with Crippen LogP contribution in [0.15, 0.2) is 27.7 Å². The van der Waals surface area contributed by atoms with Gasteiger partial charge >= 0.3 is 0 Å². The molecule has 0 amide bonds. The summed E-state index contributed by atoms with van der Waals surface area (Å²) < 4.78 is 14.0. The molecule has 6 heteroatoms. The van der Waals surface area contributed by atoms with Gasteiger partial charge in [-0.05, 0) is 36.6 Å². The van der Waals surface area contributed by atoms with Crippen molar-refractivity contribution in [3.05, 3.63) is 34.1 Å². The van der Waals surface area contributed by atoms with Crippen molar-refractivity contribution in [1.82, 2.24) is 5.32 Å². The van der Waals surface area contributed by atoms with Crippen LogP contribution in [0.25, 0.3) is 0 Å². The highest BCUT2D eigenvalue weighted by Gasteiger charge is 2.13. The second kappa shape index (κ2) is 8.81. The molecule has 20 heavy (non-hydrogen) atoms. The molecule has 0 unspecified atom stereocenters. The Morgan fingerprint density at radius 3 is 2.75 bits per heavy atom. The van der Waals surface area contributed by atoms with Crippen molar-refractivity contribution >= 4 is 45.9 Å². The molecule has 0 aliphatic heterocycles. The van der Waals surface area contributed by atoms with Crippen molar-refractivity contribution in [2.45, 2.75) is 44.7 Å². The first kappa shape index (κ1) is 17.7.